The highest BCUT2D eigenvalue weighted by molar-refractivity contribution is 6.08. The molecule has 2 aliphatic rings. The molecule has 0 unspecified atom stereocenters. The third-order valence-electron chi connectivity index (χ3n) is 4.46. The van der Waals surface area contributed by atoms with Gasteiger partial charge in [-0.1, -0.05) is 36.4 Å². The standard InChI is InChI=1S/C18H14N2O2/c19-12-13-11-18(13)16(22-15-9-5-2-6-10-15)17(21)20(18)14-7-3-1-4-8-14/h1-10,13,16H,11H2/t13-,16-,18-/m1/s1. The van der Waals surface area contributed by atoms with E-state index in [1.54, 1.807) is 4.90 Å². The van der Waals surface area contributed by atoms with Crippen molar-refractivity contribution in [2.45, 2.75) is 18.1 Å². The number of carbonyl (C=O) groups excluding carboxylic acids is 1. The van der Waals surface area contributed by atoms with Gasteiger partial charge in [-0.2, -0.15) is 5.26 Å². The SMILES string of the molecule is N#C[C@H]1C[C@]12[C@H](Oc1ccccc1)C(=O)N2c1ccccc1. The van der Waals surface area contributed by atoms with Gasteiger partial charge in [0.15, 0.2) is 0 Å². The molecule has 0 N–H and O–H groups in total. The normalized spacial score (nSPS) is 28.9. The maximum Gasteiger partial charge on any atom is 0.271 e. The van der Waals surface area contributed by atoms with Crippen molar-refractivity contribution in [3.63, 3.8) is 0 Å². The van der Waals surface area contributed by atoms with E-state index in [0.29, 0.717) is 12.2 Å². The van der Waals surface area contributed by atoms with Gasteiger partial charge in [-0.3, -0.25) is 9.69 Å². The number of carbonyl (C=O) groups is 1. The van der Waals surface area contributed by atoms with Crippen molar-refractivity contribution in [2.75, 3.05) is 4.90 Å². The number of β-lactam (4-membered cyclic amide) rings is 1. The minimum absolute atomic E-state index is 0.0761. The molecule has 3 atom stereocenters. The van der Waals surface area contributed by atoms with Crippen molar-refractivity contribution in [2.24, 2.45) is 5.92 Å². The molecule has 1 aliphatic heterocycles. The molecule has 2 fully saturated rings. The molecule has 2 aromatic rings. The molecular formula is C18H14N2O2. The van der Waals surface area contributed by atoms with Crippen molar-refractivity contribution in [3.8, 4) is 11.8 Å². The molecule has 1 saturated carbocycles. The predicted octanol–water partition coefficient (Wildman–Crippen LogP) is 2.76. The molecule has 0 bridgehead atoms. The van der Waals surface area contributed by atoms with Crippen LogP contribution in [0.4, 0.5) is 5.69 Å². The van der Waals surface area contributed by atoms with Gasteiger partial charge in [0.2, 0.25) is 6.10 Å². The van der Waals surface area contributed by atoms with Crippen LogP contribution in [-0.2, 0) is 4.79 Å². The third kappa shape index (κ3) is 1.66. The molecule has 1 amide bonds. The summed E-state index contributed by atoms with van der Waals surface area (Å²) in [5.74, 6) is 0.420. The van der Waals surface area contributed by atoms with E-state index in [1.165, 1.54) is 0 Å². The lowest BCUT2D eigenvalue weighted by molar-refractivity contribution is -0.136. The molecular weight excluding hydrogens is 276 g/mol. The second-order valence-electron chi connectivity index (χ2n) is 5.70. The first-order valence-corrected chi connectivity index (χ1v) is 7.28. The molecule has 1 aliphatic carbocycles. The topological polar surface area (TPSA) is 53.3 Å². The number of benzene rings is 2. The number of anilines is 1. The lowest BCUT2D eigenvalue weighted by Crippen LogP contribution is -2.70. The number of rotatable bonds is 3. The van der Waals surface area contributed by atoms with Gasteiger partial charge in [-0.25, -0.2) is 0 Å². The zero-order chi connectivity index (χ0) is 15.2. The van der Waals surface area contributed by atoms with Gasteiger partial charge in [-0.05, 0) is 30.7 Å². The summed E-state index contributed by atoms with van der Waals surface area (Å²) >= 11 is 0. The molecule has 1 spiro atoms. The Morgan fingerprint density at radius 2 is 1.73 bits per heavy atom. The summed E-state index contributed by atoms with van der Waals surface area (Å²) in [7, 11) is 0. The van der Waals surface area contributed by atoms with Crippen molar-refractivity contribution in [1.82, 2.24) is 0 Å². The summed E-state index contributed by atoms with van der Waals surface area (Å²) in [6, 6.07) is 21.1. The predicted molar refractivity (Wildman–Crippen MR) is 81.2 cm³/mol. The minimum Gasteiger partial charge on any atom is -0.478 e. The fourth-order valence-corrected chi connectivity index (χ4v) is 3.28. The van der Waals surface area contributed by atoms with Crippen LogP contribution in [0, 0.1) is 17.2 Å². The number of hydrogen-bond donors (Lipinski definition) is 0. The first-order valence-electron chi connectivity index (χ1n) is 7.28. The Hall–Kier alpha value is -2.80. The smallest absolute Gasteiger partial charge is 0.271 e. The van der Waals surface area contributed by atoms with Gasteiger partial charge >= 0.3 is 0 Å². The molecule has 1 heterocycles. The molecule has 1 saturated heterocycles. The fraction of sp³-hybridized carbons (Fsp3) is 0.222. The van der Waals surface area contributed by atoms with Crippen molar-refractivity contribution in [3.05, 3.63) is 60.7 Å². The Morgan fingerprint density at radius 3 is 2.32 bits per heavy atom. The number of ether oxygens (including phenoxy) is 1. The monoisotopic (exact) mass is 290 g/mol. The second-order valence-corrected chi connectivity index (χ2v) is 5.70. The highest BCUT2D eigenvalue weighted by Gasteiger charge is 2.76. The highest BCUT2D eigenvalue weighted by Crippen LogP contribution is 2.59. The summed E-state index contributed by atoms with van der Waals surface area (Å²) in [6.45, 7) is 0. The van der Waals surface area contributed by atoms with Crippen LogP contribution >= 0.6 is 0 Å². The Bertz CT molecular complexity index is 754. The zero-order valence-electron chi connectivity index (χ0n) is 11.8. The second kappa shape index (κ2) is 4.60. The Labute approximate surface area is 128 Å². The molecule has 22 heavy (non-hydrogen) atoms. The quantitative estimate of drug-likeness (QED) is 0.817. The van der Waals surface area contributed by atoms with Gasteiger partial charge in [0.1, 0.15) is 11.3 Å². The van der Waals surface area contributed by atoms with Crippen LogP contribution in [0.3, 0.4) is 0 Å². The fourth-order valence-electron chi connectivity index (χ4n) is 3.28. The van der Waals surface area contributed by atoms with Crippen LogP contribution in [0.1, 0.15) is 6.42 Å². The summed E-state index contributed by atoms with van der Waals surface area (Å²) in [4.78, 5) is 14.3. The van der Waals surface area contributed by atoms with Gasteiger partial charge in [0.25, 0.3) is 5.91 Å². The van der Waals surface area contributed by atoms with Gasteiger partial charge in [-0.15, -0.1) is 0 Å². The van der Waals surface area contributed by atoms with E-state index in [-0.39, 0.29) is 11.8 Å². The van der Waals surface area contributed by atoms with Crippen molar-refractivity contribution in [1.29, 1.82) is 5.26 Å². The summed E-state index contributed by atoms with van der Waals surface area (Å²) in [5.41, 5.74) is 0.335. The van der Waals surface area contributed by atoms with E-state index in [1.807, 2.05) is 60.7 Å². The van der Waals surface area contributed by atoms with Crippen LogP contribution < -0.4 is 9.64 Å². The Kier molecular flexibility index (Phi) is 2.70. The van der Waals surface area contributed by atoms with Crippen molar-refractivity contribution < 1.29 is 9.53 Å². The molecule has 4 heteroatoms. The van der Waals surface area contributed by atoms with Crippen LogP contribution in [0.5, 0.6) is 5.75 Å². The largest absolute Gasteiger partial charge is 0.478 e. The first-order chi connectivity index (χ1) is 10.8. The van der Waals surface area contributed by atoms with Crippen LogP contribution in [0.25, 0.3) is 0 Å². The Balaban J connectivity index is 1.65. The number of nitrogens with zero attached hydrogens (tertiary/aromatic N) is 2. The van der Waals surface area contributed by atoms with E-state index in [9.17, 15) is 10.1 Å². The molecule has 0 aromatic heterocycles. The van der Waals surface area contributed by atoms with E-state index < -0.39 is 11.6 Å². The average molecular weight is 290 g/mol. The molecule has 0 radical (unpaired) electrons. The highest BCUT2D eigenvalue weighted by atomic mass is 16.5. The van der Waals surface area contributed by atoms with Gasteiger partial charge < -0.3 is 4.74 Å². The first kappa shape index (κ1) is 12.9. The number of para-hydroxylation sites is 2. The Morgan fingerprint density at radius 1 is 1.09 bits per heavy atom. The van der Waals surface area contributed by atoms with E-state index in [2.05, 4.69) is 6.07 Å². The number of hydrogen-bond acceptors (Lipinski definition) is 3. The zero-order valence-corrected chi connectivity index (χ0v) is 11.8. The lowest BCUT2D eigenvalue weighted by Gasteiger charge is -2.47. The van der Waals surface area contributed by atoms with E-state index >= 15 is 0 Å². The lowest BCUT2D eigenvalue weighted by atomic mass is 9.91. The van der Waals surface area contributed by atoms with Crippen LogP contribution in [-0.4, -0.2) is 17.6 Å². The average Bonchev–Trinajstić information content (AvgIpc) is 3.32. The minimum atomic E-state index is -0.570. The molecule has 4 nitrogen and oxygen atoms in total. The number of nitriles is 1. The number of amides is 1. The molecule has 2 aromatic carbocycles. The summed E-state index contributed by atoms with van der Waals surface area (Å²) < 4.78 is 5.88. The maximum atomic E-state index is 12.6. The molecule has 108 valence electrons. The van der Waals surface area contributed by atoms with Crippen LogP contribution in [0.2, 0.25) is 0 Å². The van der Waals surface area contributed by atoms with Crippen LogP contribution in [0.15, 0.2) is 60.7 Å². The molecule has 4 rings (SSSR count). The van der Waals surface area contributed by atoms with Crippen molar-refractivity contribution >= 4 is 11.6 Å². The van der Waals surface area contributed by atoms with E-state index in [0.717, 1.165) is 5.69 Å². The summed E-state index contributed by atoms with van der Waals surface area (Å²) in [6.07, 6.45) is 0.0986. The summed E-state index contributed by atoms with van der Waals surface area (Å²) in [5, 5.41) is 9.30. The van der Waals surface area contributed by atoms with E-state index in [4.69, 9.17) is 4.74 Å². The maximum absolute atomic E-state index is 12.6. The third-order valence-corrected chi connectivity index (χ3v) is 4.46. The van der Waals surface area contributed by atoms with Gasteiger partial charge in [0.05, 0.1) is 12.0 Å². The van der Waals surface area contributed by atoms with Gasteiger partial charge in [0, 0.05) is 5.69 Å².